The average Bonchev–Trinajstić information content (AvgIpc) is 3.10. The molecule has 1 aromatic heterocycles. The molecule has 1 heterocycles. The van der Waals surface area contributed by atoms with Crippen LogP contribution in [0.15, 0.2) is 47.6 Å². The molecular formula is C26H26N4O6. The maximum absolute atomic E-state index is 12.7. The molecule has 10 nitrogen and oxygen atoms in total. The van der Waals surface area contributed by atoms with Crippen LogP contribution in [0.25, 0.3) is 5.69 Å². The van der Waals surface area contributed by atoms with Crippen molar-refractivity contribution in [3.05, 3.63) is 96.3 Å². The molecule has 2 aromatic carbocycles. The molecule has 0 atom stereocenters. The van der Waals surface area contributed by atoms with Gasteiger partial charge >= 0.3 is 5.97 Å². The first kappa shape index (κ1) is 24.8. The molecule has 0 amide bonds. The number of aryl methyl sites for hydroxylation is 3. The van der Waals surface area contributed by atoms with Gasteiger partial charge in [0.2, 0.25) is 0 Å². The fourth-order valence-corrected chi connectivity index (χ4v) is 4.77. The number of nitro groups is 2. The molecular weight excluding hydrogens is 464 g/mol. The summed E-state index contributed by atoms with van der Waals surface area (Å²) < 4.78 is 2.19. The van der Waals surface area contributed by atoms with Gasteiger partial charge < -0.3 is 9.40 Å². The van der Waals surface area contributed by atoms with E-state index in [1.54, 1.807) is 0 Å². The summed E-state index contributed by atoms with van der Waals surface area (Å²) in [6.45, 7) is 10.3. The van der Waals surface area contributed by atoms with Crippen LogP contribution >= 0.6 is 0 Å². The van der Waals surface area contributed by atoms with Crippen molar-refractivity contribution in [1.29, 1.82) is 0 Å². The van der Waals surface area contributed by atoms with Crippen LogP contribution in [0.3, 0.4) is 0 Å². The van der Waals surface area contributed by atoms with E-state index in [0.717, 1.165) is 58.4 Å². The lowest BCUT2D eigenvalue weighted by Gasteiger charge is -2.31. The fraction of sp³-hybridized carbons (Fsp3) is 0.308. The Balaban J connectivity index is 1.73. The first-order valence-corrected chi connectivity index (χ1v) is 11.4. The van der Waals surface area contributed by atoms with E-state index in [2.05, 4.69) is 55.6 Å². The maximum Gasteiger partial charge on any atom is 0.366 e. The smallest absolute Gasteiger partial charge is 0.318 e. The predicted octanol–water partition coefficient (Wildman–Crippen LogP) is 5.75. The number of nitro benzene ring substituents is 2. The van der Waals surface area contributed by atoms with Crippen LogP contribution in [0.1, 0.15) is 58.7 Å². The third-order valence-electron chi connectivity index (χ3n) is 6.15. The minimum Gasteiger partial charge on any atom is -0.318 e. The van der Waals surface area contributed by atoms with Gasteiger partial charge in [-0.15, -0.1) is 0 Å². The van der Waals surface area contributed by atoms with Gasteiger partial charge in [0.15, 0.2) is 0 Å². The minimum atomic E-state index is -1.01. The Labute approximate surface area is 207 Å². The number of carbonyl (C=O) groups is 1. The van der Waals surface area contributed by atoms with Crippen LogP contribution in [0, 0.1) is 46.4 Å². The van der Waals surface area contributed by atoms with Crippen LogP contribution in [-0.4, -0.2) is 26.1 Å². The van der Waals surface area contributed by atoms with Crippen molar-refractivity contribution in [2.45, 2.75) is 47.5 Å². The molecule has 4 rings (SSSR count). The first-order valence-electron chi connectivity index (χ1n) is 11.4. The normalized spacial score (nSPS) is 15.4. The molecule has 1 aliphatic carbocycles. The number of oxime groups is 1. The monoisotopic (exact) mass is 490 g/mol. The van der Waals surface area contributed by atoms with Crippen LogP contribution in [-0.2, 0) is 11.3 Å². The molecule has 186 valence electrons. The number of fused-ring (bicyclic) bond motifs is 1. The number of hydrogen-bond donors (Lipinski definition) is 0. The fourth-order valence-electron chi connectivity index (χ4n) is 4.77. The van der Waals surface area contributed by atoms with Gasteiger partial charge in [-0.1, -0.05) is 25.1 Å². The third-order valence-corrected chi connectivity index (χ3v) is 6.15. The van der Waals surface area contributed by atoms with E-state index in [1.807, 2.05) is 13.0 Å². The summed E-state index contributed by atoms with van der Waals surface area (Å²) in [5.74, 6) is -1.01. The molecule has 0 N–H and O–H groups in total. The summed E-state index contributed by atoms with van der Waals surface area (Å²) >= 11 is 0. The SMILES string of the molecule is Cc1cc(C)cc(-n2c(C)cc3c2CC(C)(C)C/C3=N\OC(=O)c2cc([N+](=O)[O-])cc([N+](=O)[O-])c2)c1. The van der Waals surface area contributed by atoms with Gasteiger partial charge in [-0.05, 0) is 68.4 Å². The summed E-state index contributed by atoms with van der Waals surface area (Å²) in [7, 11) is 0. The molecule has 0 bridgehead atoms. The molecule has 0 fully saturated rings. The van der Waals surface area contributed by atoms with Gasteiger partial charge in [-0.25, -0.2) is 4.79 Å². The van der Waals surface area contributed by atoms with E-state index >= 15 is 0 Å². The summed E-state index contributed by atoms with van der Waals surface area (Å²) in [5.41, 5.74) is 5.19. The van der Waals surface area contributed by atoms with Crippen LogP contribution < -0.4 is 0 Å². The van der Waals surface area contributed by atoms with Crippen LogP contribution in [0.4, 0.5) is 11.4 Å². The van der Waals surface area contributed by atoms with Crippen molar-refractivity contribution in [3.8, 4) is 5.69 Å². The molecule has 0 saturated carbocycles. The molecule has 0 unspecified atom stereocenters. The van der Waals surface area contributed by atoms with E-state index in [9.17, 15) is 25.0 Å². The van der Waals surface area contributed by atoms with Gasteiger partial charge in [-0.2, -0.15) is 0 Å². The summed E-state index contributed by atoms with van der Waals surface area (Å²) in [4.78, 5) is 38.6. The number of benzene rings is 2. The van der Waals surface area contributed by atoms with Gasteiger partial charge in [0.25, 0.3) is 11.4 Å². The zero-order valence-electron chi connectivity index (χ0n) is 20.7. The molecule has 0 spiro atoms. The molecule has 0 saturated heterocycles. The second kappa shape index (κ2) is 9.03. The van der Waals surface area contributed by atoms with Gasteiger partial charge in [0.1, 0.15) is 0 Å². The highest BCUT2D eigenvalue weighted by Crippen LogP contribution is 2.38. The van der Waals surface area contributed by atoms with Gasteiger partial charge in [0, 0.05) is 34.8 Å². The second-order valence-electron chi connectivity index (χ2n) is 10.0. The van der Waals surface area contributed by atoms with Crippen molar-refractivity contribution in [2.24, 2.45) is 10.6 Å². The van der Waals surface area contributed by atoms with Gasteiger partial charge in [0.05, 0.1) is 27.2 Å². The first-order chi connectivity index (χ1) is 16.8. The lowest BCUT2D eigenvalue weighted by atomic mass is 9.76. The molecule has 10 heteroatoms. The number of carbonyl (C=O) groups excluding carboxylic acids is 1. The van der Waals surface area contributed by atoms with E-state index in [-0.39, 0.29) is 11.0 Å². The number of rotatable bonds is 5. The minimum absolute atomic E-state index is 0.177. The van der Waals surface area contributed by atoms with Crippen molar-refractivity contribution in [1.82, 2.24) is 4.57 Å². The van der Waals surface area contributed by atoms with E-state index in [0.29, 0.717) is 12.1 Å². The molecule has 36 heavy (non-hydrogen) atoms. The highest BCUT2D eigenvalue weighted by Gasteiger charge is 2.34. The molecule has 0 radical (unpaired) electrons. The van der Waals surface area contributed by atoms with Gasteiger partial charge in [-0.3, -0.25) is 20.2 Å². The second-order valence-corrected chi connectivity index (χ2v) is 10.0. The Kier molecular flexibility index (Phi) is 6.21. The van der Waals surface area contributed by atoms with Crippen LogP contribution in [0.2, 0.25) is 0 Å². The maximum atomic E-state index is 12.7. The zero-order valence-corrected chi connectivity index (χ0v) is 20.7. The lowest BCUT2D eigenvalue weighted by Crippen LogP contribution is -2.28. The Morgan fingerprint density at radius 2 is 1.50 bits per heavy atom. The Morgan fingerprint density at radius 1 is 0.917 bits per heavy atom. The van der Waals surface area contributed by atoms with E-state index < -0.39 is 27.2 Å². The van der Waals surface area contributed by atoms with E-state index in [1.165, 1.54) is 0 Å². The average molecular weight is 491 g/mol. The summed E-state index contributed by atoms with van der Waals surface area (Å²) in [6.07, 6.45) is 1.33. The Bertz CT molecular complexity index is 1400. The number of non-ortho nitro benzene ring substituents is 2. The van der Waals surface area contributed by atoms with Crippen LogP contribution in [0.5, 0.6) is 0 Å². The predicted molar refractivity (Wildman–Crippen MR) is 134 cm³/mol. The summed E-state index contributed by atoms with van der Waals surface area (Å²) in [5, 5.41) is 26.5. The standard InChI is InChI=1S/C26H26N4O6/c1-15-6-16(2)8-19(7-15)28-17(3)9-22-23(13-26(4,5)14-24(22)28)27-36-25(31)18-10-20(29(32)33)12-21(11-18)30(34)35/h6-12H,13-14H2,1-5H3/b27-23+. The number of hydrogen-bond acceptors (Lipinski definition) is 7. The van der Waals surface area contributed by atoms with Crippen molar-refractivity contribution >= 4 is 23.1 Å². The van der Waals surface area contributed by atoms with Crippen molar-refractivity contribution in [3.63, 3.8) is 0 Å². The van der Waals surface area contributed by atoms with Crippen molar-refractivity contribution in [2.75, 3.05) is 0 Å². The summed E-state index contributed by atoms with van der Waals surface area (Å²) in [6, 6.07) is 11.0. The quantitative estimate of drug-likeness (QED) is 0.254. The number of nitrogens with zero attached hydrogens (tertiary/aromatic N) is 4. The molecule has 0 aliphatic heterocycles. The Hall–Kier alpha value is -4.34. The third kappa shape index (κ3) is 4.88. The zero-order chi connectivity index (χ0) is 26.4. The van der Waals surface area contributed by atoms with E-state index in [4.69, 9.17) is 4.84 Å². The highest BCUT2D eigenvalue weighted by atomic mass is 16.7. The number of aromatic nitrogens is 1. The Morgan fingerprint density at radius 3 is 2.06 bits per heavy atom. The highest BCUT2D eigenvalue weighted by molar-refractivity contribution is 6.04. The molecule has 3 aromatic rings. The molecule has 1 aliphatic rings. The van der Waals surface area contributed by atoms with Crippen molar-refractivity contribution < 1.29 is 19.5 Å². The lowest BCUT2D eigenvalue weighted by molar-refractivity contribution is -0.394. The largest absolute Gasteiger partial charge is 0.366 e. The topological polar surface area (TPSA) is 130 Å².